The zero-order chi connectivity index (χ0) is 18.5. The first-order valence-electron chi connectivity index (χ1n) is 9.43. The van der Waals surface area contributed by atoms with Gasteiger partial charge in [-0.15, -0.1) is 0 Å². The Labute approximate surface area is 168 Å². The largest absolute Gasteiger partial charge is 0.508 e. The number of piperidine rings is 1. The summed E-state index contributed by atoms with van der Waals surface area (Å²) in [4.78, 5) is 3.68. The summed E-state index contributed by atoms with van der Waals surface area (Å²) in [7, 11) is 3.42. The maximum absolute atomic E-state index is 10.4. The van der Waals surface area contributed by atoms with Crippen molar-refractivity contribution in [1.82, 2.24) is 4.90 Å². The third-order valence-corrected chi connectivity index (χ3v) is 8.34. The van der Waals surface area contributed by atoms with E-state index in [1.54, 1.807) is 20.7 Å². The Balaban J connectivity index is 1.87. The first kappa shape index (κ1) is 20.0. The van der Waals surface area contributed by atoms with Crippen molar-refractivity contribution < 1.29 is 10.2 Å². The lowest BCUT2D eigenvalue weighted by Crippen LogP contribution is -2.39. The van der Waals surface area contributed by atoms with Crippen molar-refractivity contribution in [3.8, 4) is 16.2 Å². The first-order valence-corrected chi connectivity index (χ1v) is 12.0. The number of likely N-dealkylation sites (tertiary alicyclic amines) is 1. The predicted molar refractivity (Wildman–Crippen MR) is 114 cm³/mol. The lowest BCUT2D eigenvalue weighted by Gasteiger charge is -2.35. The molecule has 0 radical (unpaired) electrons. The first-order chi connectivity index (χ1) is 12.6. The average Bonchev–Trinajstić information content (AvgIpc) is 3.00. The molecule has 1 aliphatic rings. The molecule has 26 heavy (non-hydrogen) atoms. The van der Waals surface area contributed by atoms with Crippen LogP contribution in [-0.4, -0.2) is 34.3 Å². The standard InChI is InChI=1S/C20H27NO2S3/c1-2-5-17-19(25-26-20(17)24)14-7-8-18(23)15(12-14)13-21-10-4-3-6-16(21)9-11-22/h7-8,12,16,22-23H,2-6,9-11,13H2,1H3. The van der Waals surface area contributed by atoms with Gasteiger partial charge in [-0.05, 0) is 61.6 Å². The number of phenolic OH excluding ortho intramolecular Hbond substituents is 1. The van der Waals surface area contributed by atoms with Crippen LogP contribution in [0.3, 0.4) is 0 Å². The summed E-state index contributed by atoms with van der Waals surface area (Å²) in [5.74, 6) is 0.359. The van der Waals surface area contributed by atoms with Crippen molar-refractivity contribution in [2.75, 3.05) is 13.2 Å². The number of hydrogen-bond donors (Lipinski definition) is 2. The predicted octanol–water partition coefficient (Wildman–Crippen LogP) is 5.60. The minimum Gasteiger partial charge on any atom is -0.508 e. The fraction of sp³-hybridized carbons (Fsp3) is 0.550. The molecule has 3 rings (SSSR count). The second-order valence-corrected chi connectivity index (χ2v) is 9.80. The minimum absolute atomic E-state index is 0.228. The average molecular weight is 410 g/mol. The molecule has 142 valence electrons. The van der Waals surface area contributed by atoms with Crippen molar-refractivity contribution in [2.45, 2.75) is 58.0 Å². The smallest absolute Gasteiger partial charge is 0.120 e. The van der Waals surface area contributed by atoms with Gasteiger partial charge in [0, 0.05) is 24.8 Å². The summed E-state index contributed by atoms with van der Waals surface area (Å²) in [5, 5.41) is 19.8. The molecule has 3 nitrogen and oxygen atoms in total. The Morgan fingerprint density at radius 2 is 2.12 bits per heavy atom. The molecule has 1 aromatic carbocycles. The molecule has 1 aliphatic heterocycles. The Kier molecular flexibility index (Phi) is 7.23. The van der Waals surface area contributed by atoms with Crippen molar-refractivity contribution >= 4 is 32.9 Å². The Morgan fingerprint density at radius 1 is 1.27 bits per heavy atom. The van der Waals surface area contributed by atoms with Crippen LogP contribution in [0.4, 0.5) is 0 Å². The fourth-order valence-corrected chi connectivity index (χ4v) is 6.78. The lowest BCUT2D eigenvalue weighted by molar-refractivity contribution is 0.111. The van der Waals surface area contributed by atoms with Gasteiger partial charge in [-0.2, -0.15) is 0 Å². The monoisotopic (exact) mass is 409 g/mol. The minimum atomic E-state index is 0.228. The lowest BCUT2D eigenvalue weighted by atomic mass is 9.98. The molecule has 1 unspecified atom stereocenters. The Morgan fingerprint density at radius 3 is 2.88 bits per heavy atom. The van der Waals surface area contributed by atoms with Crippen LogP contribution in [0, 0.1) is 3.82 Å². The molecule has 0 amide bonds. The van der Waals surface area contributed by atoms with E-state index >= 15 is 0 Å². The Bertz CT molecular complexity index is 782. The summed E-state index contributed by atoms with van der Waals surface area (Å²) >= 11 is 5.52. The highest BCUT2D eigenvalue weighted by atomic mass is 32.9. The number of phenols is 1. The topological polar surface area (TPSA) is 43.7 Å². The summed E-state index contributed by atoms with van der Waals surface area (Å²) in [5.41, 5.74) is 3.42. The van der Waals surface area contributed by atoms with E-state index in [0.29, 0.717) is 11.8 Å². The third kappa shape index (κ3) is 4.54. The molecule has 0 bridgehead atoms. The molecule has 0 spiro atoms. The molecule has 0 aliphatic carbocycles. The normalized spacial score (nSPS) is 18.3. The second kappa shape index (κ2) is 9.42. The number of aliphatic hydroxyl groups is 1. The van der Waals surface area contributed by atoms with Crippen LogP contribution in [0.1, 0.15) is 50.2 Å². The van der Waals surface area contributed by atoms with E-state index in [1.807, 2.05) is 12.1 Å². The van der Waals surface area contributed by atoms with Gasteiger partial charge in [0.05, 0.1) is 4.88 Å². The summed E-state index contributed by atoms with van der Waals surface area (Å²) in [6, 6.07) is 6.37. The van der Waals surface area contributed by atoms with Crippen molar-refractivity contribution in [3.63, 3.8) is 0 Å². The molecular weight excluding hydrogens is 382 g/mol. The summed E-state index contributed by atoms with van der Waals surface area (Å²) in [6.45, 7) is 4.18. The molecule has 2 heterocycles. The van der Waals surface area contributed by atoms with Gasteiger partial charge in [0.15, 0.2) is 0 Å². The molecule has 1 fully saturated rings. The number of rotatable bonds is 7. The zero-order valence-electron chi connectivity index (χ0n) is 15.2. The van der Waals surface area contributed by atoms with Crippen LogP contribution < -0.4 is 0 Å². The Hall–Kier alpha value is -0.790. The van der Waals surface area contributed by atoms with Crippen molar-refractivity contribution in [2.24, 2.45) is 0 Å². The highest BCUT2D eigenvalue weighted by molar-refractivity contribution is 7.80. The molecule has 2 N–H and O–H groups in total. The van der Waals surface area contributed by atoms with E-state index in [-0.39, 0.29) is 6.61 Å². The van der Waals surface area contributed by atoms with Gasteiger partial charge in [0.1, 0.15) is 9.57 Å². The van der Waals surface area contributed by atoms with Crippen molar-refractivity contribution in [1.29, 1.82) is 0 Å². The van der Waals surface area contributed by atoms with Crippen LogP contribution >= 0.6 is 32.9 Å². The van der Waals surface area contributed by atoms with Crippen LogP contribution in [0.15, 0.2) is 18.2 Å². The van der Waals surface area contributed by atoms with Crippen LogP contribution in [0.5, 0.6) is 5.75 Å². The number of aromatic hydroxyl groups is 1. The van der Waals surface area contributed by atoms with Crippen LogP contribution in [-0.2, 0) is 13.0 Å². The molecular formula is C20H27NO2S3. The molecule has 6 heteroatoms. The van der Waals surface area contributed by atoms with E-state index in [2.05, 4.69) is 17.9 Å². The molecule has 0 saturated carbocycles. The summed E-state index contributed by atoms with van der Waals surface area (Å²) in [6.07, 6.45) is 6.46. The molecule has 1 atom stereocenters. The number of nitrogens with zero attached hydrogens (tertiary/aromatic N) is 1. The molecule has 2 aromatic rings. The maximum Gasteiger partial charge on any atom is 0.120 e. The highest BCUT2D eigenvalue weighted by Gasteiger charge is 2.23. The van der Waals surface area contributed by atoms with Gasteiger partial charge in [0.2, 0.25) is 0 Å². The second-order valence-electron chi connectivity index (χ2n) is 6.99. The van der Waals surface area contributed by atoms with Gasteiger partial charge >= 0.3 is 0 Å². The third-order valence-electron chi connectivity index (χ3n) is 5.15. The number of hydrogen-bond acceptors (Lipinski definition) is 6. The van der Waals surface area contributed by atoms with Gasteiger partial charge in [-0.25, -0.2) is 0 Å². The van der Waals surface area contributed by atoms with Gasteiger partial charge in [0.25, 0.3) is 0 Å². The van der Waals surface area contributed by atoms with E-state index in [9.17, 15) is 10.2 Å². The molecule has 1 aromatic heterocycles. The fourth-order valence-electron chi connectivity index (χ4n) is 3.78. The van der Waals surface area contributed by atoms with E-state index in [1.165, 1.54) is 23.3 Å². The number of aliphatic hydroxyl groups excluding tert-OH is 1. The van der Waals surface area contributed by atoms with Gasteiger partial charge in [-0.1, -0.05) is 52.7 Å². The maximum atomic E-state index is 10.4. The summed E-state index contributed by atoms with van der Waals surface area (Å²) < 4.78 is 1.00. The van der Waals surface area contributed by atoms with Gasteiger partial charge in [-0.3, -0.25) is 4.90 Å². The van der Waals surface area contributed by atoms with Crippen molar-refractivity contribution in [3.05, 3.63) is 33.1 Å². The van der Waals surface area contributed by atoms with E-state index < -0.39 is 0 Å². The highest BCUT2D eigenvalue weighted by Crippen LogP contribution is 2.37. The molecule has 1 saturated heterocycles. The quantitative estimate of drug-likeness (QED) is 0.461. The number of benzene rings is 1. The SMILES string of the molecule is CCCc1c(-c2ccc(O)c(CN3CCCCC3CCO)c2)ssc1=S. The van der Waals surface area contributed by atoms with Crippen LogP contribution in [0.2, 0.25) is 0 Å². The van der Waals surface area contributed by atoms with Crippen LogP contribution in [0.25, 0.3) is 10.4 Å². The van der Waals surface area contributed by atoms with E-state index in [0.717, 1.165) is 53.7 Å². The van der Waals surface area contributed by atoms with Gasteiger partial charge < -0.3 is 10.2 Å². The van der Waals surface area contributed by atoms with E-state index in [4.69, 9.17) is 12.2 Å². The zero-order valence-corrected chi connectivity index (χ0v) is 17.7.